The molecule has 0 aliphatic rings. The van der Waals surface area contributed by atoms with E-state index in [0.717, 1.165) is 12.8 Å². The van der Waals surface area contributed by atoms with Crippen LogP contribution < -0.4 is 0 Å². The second-order valence-electron chi connectivity index (χ2n) is 3.75. The summed E-state index contributed by atoms with van der Waals surface area (Å²) in [6.07, 6.45) is 6.42. The first-order valence-corrected chi connectivity index (χ1v) is 4.76. The van der Waals surface area contributed by atoms with Crippen molar-refractivity contribution >= 4 is 0 Å². The Bertz CT molecular complexity index is 236. The van der Waals surface area contributed by atoms with Crippen LogP contribution in [0.3, 0.4) is 0 Å². The Hall–Kier alpha value is -1.03. The predicted octanol–water partition coefficient (Wildman–Crippen LogP) is 3.84. The topological polar surface area (TPSA) is 23.8 Å². The Kier molecular flexibility index (Phi) is 5.97. The number of allylic oxidation sites excluding steroid dienone is 4. The maximum Gasteiger partial charge on any atom is 0.0694 e. The maximum absolute atomic E-state index is 8.59. The second kappa shape index (κ2) is 6.48. The summed E-state index contributed by atoms with van der Waals surface area (Å²) in [5, 5.41) is 8.59. The highest BCUT2D eigenvalue weighted by Crippen LogP contribution is 2.09. The van der Waals surface area contributed by atoms with Crippen molar-refractivity contribution < 1.29 is 0 Å². The van der Waals surface area contributed by atoms with Crippen molar-refractivity contribution in [2.24, 2.45) is 5.92 Å². The number of hydrogen-bond acceptors (Lipinski definition) is 1. The summed E-state index contributed by atoms with van der Waals surface area (Å²) >= 11 is 0. The molecule has 0 radical (unpaired) electrons. The van der Waals surface area contributed by atoms with Gasteiger partial charge < -0.3 is 0 Å². The largest absolute Gasteiger partial charge is 0.198 e. The monoisotopic (exact) mass is 177 g/mol. The molecule has 0 saturated heterocycles. The molecule has 0 rings (SSSR count). The molecular formula is C12H19N. The van der Waals surface area contributed by atoms with E-state index in [9.17, 15) is 0 Å². The van der Waals surface area contributed by atoms with Crippen LogP contribution in [0.15, 0.2) is 23.3 Å². The van der Waals surface area contributed by atoms with Gasteiger partial charge >= 0.3 is 0 Å². The van der Waals surface area contributed by atoms with E-state index in [1.165, 1.54) is 11.1 Å². The molecule has 0 spiro atoms. The molecule has 0 aliphatic carbocycles. The summed E-state index contributed by atoms with van der Waals surface area (Å²) in [6, 6.07) is 2.20. The number of rotatable bonds is 4. The van der Waals surface area contributed by atoms with E-state index in [2.05, 4.69) is 32.9 Å². The van der Waals surface area contributed by atoms with Crippen LogP contribution in [0.5, 0.6) is 0 Å². The minimum Gasteiger partial charge on any atom is -0.198 e. The SMILES string of the molecule is CC(C)=CCC/C(C)=C/[C@@H](C)C#N. The predicted molar refractivity (Wildman–Crippen MR) is 57.2 cm³/mol. The third-order valence-corrected chi connectivity index (χ3v) is 1.83. The lowest BCUT2D eigenvalue weighted by atomic mass is 10.1. The first-order valence-electron chi connectivity index (χ1n) is 4.76. The van der Waals surface area contributed by atoms with E-state index in [-0.39, 0.29) is 5.92 Å². The van der Waals surface area contributed by atoms with Crippen molar-refractivity contribution in [2.75, 3.05) is 0 Å². The Morgan fingerprint density at radius 2 is 2.00 bits per heavy atom. The van der Waals surface area contributed by atoms with Gasteiger partial charge in [0.05, 0.1) is 12.0 Å². The van der Waals surface area contributed by atoms with Gasteiger partial charge in [0.2, 0.25) is 0 Å². The van der Waals surface area contributed by atoms with E-state index >= 15 is 0 Å². The standard InChI is InChI=1S/C12H19N/c1-10(2)6-5-7-11(3)8-12(4)9-13/h6,8,12H,5,7H2,1-4H3/b11-8+/t12-/m1/s1. The third-order valence-electron chi connectivity index (χ3n) is 1.83. The van der Waals surface area contributed by atoms with Crippen LogP contribution in [0, 0.1) is 17.2 Å². The molecule has 1 heteroatoms. The first-order chi connectivity index (χ1) is 6.06. The van der Waals surface area contributed by atoms with E-state index in [4.69, 9.17) is 5.26 Å². The minimum absolute atomic E-state index is 0.0479. The van der Waals surface area contributed by atoms with Gasteiger partial charge in [0, 0.05) is 0 Å². The highest BCUT2D eigenvalue weighted by atomic mass is 14.2. The molecule has 13 heavy (non-hydrogen) atoms. The van der Waals surface area contributed by atoms with Gasteiger partial charge in [0.15, 0.2) is 0 Å². The average Bonchev–Trinajstić information content (AvgIpc) is 2.03. The summed E-state index contributed by atoms with van der Waals surface area (Å²) in [7, 11) is 0. The summed E-state index contributed by atoms with van der Waals surface area (Å²) < 4.78 is 0. The molecule has 0 aromatic heterocycles. The molecule has 0 fully saturated rings. The van der Waals surface area contributed by atoms with Crippen molar-refractivity contribution in [3.8, 4) is 6.07 Å². The fourth-order valence-electron chi connectivity index (χ4n) is 1.14. The van der Waals surface area contributed by atoms with Crippen LogP contribution in [0.1, 0.15) is 40.5 Å². The Labute approximate surface area is 81.8 Å². The summed E-state index contributed by atoms with van der Waals surface area (Å²) in [5.74, 6) is 0.0479. The maximum atomic E-state index is 8.59. The van der Waals surface area contributed by atoms with Crippen LogP contribution in [0.25, 0.3) is 0 Å². The molecule has 0 aromatic rings. The Morgan fingerprint density at radius 3 is 2.46 bits per heavy atom. The molecule has 0 N–H and O–H groups in total. The highest BCUT2D eigenvalue weighted by Gasteiger charge is 1.94. The van der Waals surface area contributed by atoms with Crippen LogP contribution in [0.4, 0.5) is 0 Å². The number of nitriles is 1. The van der Waals surface area contributed by atoms with Crippen LogP contribution in [0.2, 0.25) is 0 Å². The van der Waals surface area contributed by atoms with E-state index in [0.29, 0.717) is 0 Å². The summed E-state index contributed by atoms with van der Waals surface area (Å²) in [4.78, 5) is 0. The first kappa shape index (κ1) is 12.0. The number of nitrogens with zero attached hydrogens (tertiary/aromatic N) is 1. The van der Waals surface area contributed by atoms with Crippen molar-refractivity contribution in [1.29, 1.82) is 5.26 Å². The zero-order valence-electron chi connectivity index (χ0n) is 9.09. The molecule has 0 heterocycles. The van der Waals surface area contributed by atoms with E-state index in [1.54, 1.807) is 0 Å². The molecule has 1 atom stereocenters. The zero-order chi connectivity index (χ0) is 10.3. The molecule has 72 valence electrons. The lowest BCUT2D eigenvalue weighted by Crippen LogP contribution is -1.86. The van der Waals surface area contributed by atoms with Crippen molar-refractivity contribution in [3.05, 3.63) is 23.3 Å². The van der Waals surface area contributed by atoms with Crippen LogP contribution in [-0.4, -0.2) is 0 Å². The van der Waals surface area contributed by atoms with Gasteiger partial charge in [-0.3, -0.25) is 0 Å². The van der Waals surface area contributed by atoms with Crippen molar-refractivity contribution in [2.45, 2.75) is 40.5 Å². The molecule has 0 saturated carbocycles. The average molecular weight is 177 g/mol. The van der Waals surface area contributed by atoms with Gasteiger partial charge in [-0.05, 0) is 40.5 Å². The molecule has 0 aliphatic heterocycles. The van der Waals surface area contributed by atoms with Crippen LogP contribution in [-0.2, 0) is 0 Å². The zero-order valence-corrected chi connectivity index (χ0v) is 9.09. The number of hydrogen-bond donors (Lipinski definition) is 0. The van der Waals surface area contributed by atoms with Gasteiger partial charge in [-0.2, -0.15) is 5.26 Å². The lowest BCUT2D eigenvalue weighted by molar-refractivity contribution is 0.894. The van der Waals surface area contributed by atoms with Crippen molar-refractivity contribution in [3.63, 3.8) is 0 Å². The van der Waals surface area contributed by atoms with Gasteiger partial charge in [-0.1, -0.05) is 23.3 Å². The fraction of sp³-hybridized carbons (Fsp3) is 0.583. The molecule has 0 amide bonds. The minimum atomic E-state index is 0.0479. The van der Waals surface area contributed by atoms with Gasteiger partial charge in [-0.15, -0.1) is 0 Å². The quantitative estimate of drug-likeness (QED) is 0.598. The lowest BCUT2D eigenvalue weighted by Gasteiger charge is -1.99. The second-order valence-corrected chi connectivity index (χ2v) is 3.75. The normalized spacial score (nSPS) is 13.3. The third kappa shape index (κ3) is 7.33. The van der Waals surface area contributed by atoms with Crippen molar-refractivity contribution in [1.82, 2.24) is 0 Å². The molecule has 0 bridgehead atoms. The van der Waals surface area contributed by atoms with E-state index in [1.807, 2.05) is 13.0 Å². The molecule has 1 nitrogen and oxygen atoms in total. The molecule has 0 aromatic carbocycles. The fourth-order valence-corrected chi connectivity index (χ4v) is 1.14. The smallest absolute Gasteiger partial charge is 0.0694 e. The summed E-state index contributed by atoms with van der Waals surface area (Å²) in [5.41, 5.74) is 2.67. The van der Waals surface area contributed by atoms with Crippen LogP contribution >= 0.6 is 0 Å². The van der Waals surface area contributed by atoms with Gasteiger partial charge in [0.1, 0.15) is 0 Å². The Morgan fingerprint density at radius 1 is 1.38 bits per heavy atom. The van der Waals surface area contributed by atoms with Gasteiger partial charge in [-0.25, -0.2) is 0 Å². The Balaban J connectivity index is 3.88. The van der Waals surface area contributed by atoms with Gasteiger partial charge in [0.25, 0.3) is 0 Å². The molecule has 0 unspecified atom stereocenters. The van der Waals surface area contributed by atoms with E-state index < -0.39 is 0 Å². The summed E-state index contributed by atoms with van der Waals surface area (Å²) in [6.45, 7) is 8.23. The molecular weight excluding hydrogens is 158 g/mol. The highest BCUT2D eigenvalue weighted by molar-refractivity contribution is 5.07.